The first-order chi connectivity index (χ1) is 12.8. The molecule has 2 aromatic carbocycles. The maximum Gasteiger partial charge on any atom is 0.335 e. The number of amides is 1. The molecule has 0 saturated carbocycles. The van der Waals surface area contributed by atoms with E-state index in [1.54, 1.807) is 37.4 Å². The van der Waals surface area contributed by atoms with E-state index in [1.165, 1.54) is 17.0 Å². The number of carboxylic acids is 1. The second-order valence-corrected chi connectivity index (χ2v) is 7.88. The lowest BCUT2D eigenvalue weighted by molar-refractivity contribution is -0.121. The number of aromatic hydroxyl groups is 1. The molecule has 1 aliphatic heterocycles. The summed E-state index contributed by atoms with van der Waals surface area (Å²) in [6.07, 6.45) is 1.55. The van der Waals surface area contributed by atoms with E-state index in [0.29, 0.717) is 25.8 Å². The highest BCUT2D eigenvalue weighted by Gasteiger charge is 2.30. The van der Waals surface area contributed by atoms with Crippen molar-refractivity contribution in [3.8, 4) is 5.75 Å². The molecule has 138 valence electrons. The standard InChI is InChI=1S/C18H12BrClN2O4S/c1-22-16(24)14(7-10-6-11(19)8-13(20)15(10)23)27-18(22)21-12-4-2-9(3-5-12)17(25)26/h2-8,23H,1H3,(H,25,26)/b14-7-,21-18?. The third kappa shape index (κ3) is 4.18. The number of phenols is 1. The van der Waals surface area contributed by atoms with Gasteiger partial charge in [-0.3, -0.25) is 9.69 Å². The maximum atomic E-state index is 12.5. The molecule has 0 aromatic heterocycles. The highest BCUT2D eigenvalue weighted by Crippen LogP contribution is 2.37. The lowest BCUT2D eigenvalue weighted by Crippen LogP contribution is -2.23. The van der Waals surface area contributed by atoms with Crippen LogP contribution in [0.4, 0.5) is 5.69 Å². The molecule has 0 aliphatic carbocycles. The summed E-state index contributed by atoms with van der Waals surface area (Å²) in [5.41, 5.74) is 1.09. The molecule has 2 N–H and O–H groups in total. The third-order valence-corrected chi connectivity index (χ3v) is 5.49. The number of carboxylic acid groups (broad SMARTS) is 1. The lowest BCUT2D eigenvalue weighted by atomic mass is 10.2. The van der Waals surface area contributed by atoms with Crippen molar-refractivity contribution >= 4 is 68.1 Å². The van der Waals surface area contributed by atoms with E-state index in [2.05, 4.69) is 20.9 Å². The molecule has 1 fully saturated rings. The number of carbonyl (C=O) groups excluding carboxylic acids is 1. The van der Waals surface area contributed by atoms with Crippen molar-refractivity contribution in [2.45, 2.75) is 0 Å². The molecule has 0 bridgehead atoms. The average Bonchev–Trinajstić information content (AvgIpc) is 2.87. The quantitative estimate of drug-likeness (QED) is 0.636. The number of aromatic carboxylic acids is 1. The van der Waals surface area contributed by atoms with Gasteiger partial charge in [0, 0.05) is 17.1 Å². The molecule has 1 saturated heterocycles. The van der Waals surface area contributed by atoms with Gasteiger partial charge >= 0.3 is 5.97 Å². The number of hydrogen-bond donors (Lipinski definition) is 2. The number of benzene rings is 2. The van der Waals surface area contributed by atoms with Crippen LogP contribution >= 0.6 is 39.3 Å². The van der Waals surface area contributed by atoms with Crippen LogP contribution in [0, 0.1) is 0 Å². The molecule has 1 heterocycles. The van der Waals surface area contributed by atoms with E-state index in [1.807, 2.05) is 0 Å². The van der Waals surface area contributed by atoms with Crippen molar-refractivity contribution in [2.75, 3.05) is 7.05 Å². The molecule has 1 aliphatic rings. The molecular weight excluding hydrogens is 456 g/mol. The summed E-state index contributed by atoms with van der Waals surface area (Å²) < 4.78 is 0.674. The Morgan fingerprint density at radius 3 is 2.59 bits per heavy atom. The van der Waals surface area contributed by atoms with Crippen molar-refractivity contribution in [1.82, 2.24) is 4.90 Å². The molecule has 9 heteroatoms. The lowest BCUT2D eigenvalue weighted by Gasteiger charge is -2.07. The monoisotopic (exact) mass is 466 g/mol. The fourth-order valence-electron chi connectivity index (χ4n) is 2.28. The molecule has 2 aromatic rings. The summed E-state index contributed by atoms with van der Waals surface area (Å²) in [5, 5.41) is 19.6. The van der Waals surface area contributed by atoms with Crippen LogP contribution in [0.2, 0.25) is 5.02 Å². The highest BCUT2D eigenvalue weighted by molar-refractivity contribution is 9.10. The van der Waals surface area contributed by atoms with Crippen LogP contribution < -0.4 is 0 Å². The zero-order valence-electron chi connectivity index (χ0n) is 13.8. The van der Waals surface area contributed by atoms with E-state index in [-0.39, 0.29) is 22.2 Å². The Kier molecular flexibility index (Phi) is 5.59. The van der Waals surface area contributed by atoms with E-state index >= 15 is 0 Å². The largest absolute Gasteiger partial charge is 0.506 e. The van der Waals surface area contributed by atoms with E-state index in [0.717, 1.165) is 11.8 Å². The average molecular weight is 468 g/mol. The molecule has 0 unspecified atom stereocenters. The number of aliphatic imine (C=N–C) groups is 1. The number of nitrogens with zero attached hydrogens (tertiary/aromatic N) is 2. The predicted molar refractivity (Wildman–Crippen MR) is 110 cm³/mol. The number of phenolic OH excluding ortho intramolecular Hbond substituents is 1. The van der Waals surface area contributed by atoms with Crippen LogP contribution in [0.3, 0.4) is 0 Å². The minimum Gasteiger partial charge on any atom is -0.506 e. The molecule has 0 spiro atoms. The molecule has 1 amide bonds. The van der Waals surface area contributed by atoms with Crippen LogP contribution in [0.25, 0.3) is 6.08 Å². The number of halogens is 2. The molecular formula is C18H12BrClN2O4S. The Morgan fingerprint density at radius 1 is 1.30 bits per heavy atom. The molecule has 0 atom stereocenters. The minimum absolute atomic E-state index is 0.113. The van der Waals surface area contributed by atoms with Gasteiger partial charge in [0.2, 0.25) is 0 Å². The fraction of sp³-hybridized carbons (Fsp3) is 0.0556. The van der Waals surface area contributed by atoms with Gasteiger partial charge in [0.05, 0.1) is 21.2 Å². The van der Waals surface area contributed by atoms with Crippen molar-refractivity contribution in [3.63, 3.8) is 0 Å². The van der Waals surface area contributed by atoms with Crippen LogP contribution in [0.15, 0.2) is 50.8 Å². The Hall–Kier alpha value is -2.29. The van der Waals surface area contributed by atoms with Crippen molar-refractivity contribution in [1.29, 1.82) is 0 Å². The number of amidine groups is 1. The Balaban J connectivity index is 1.92. The van der Waals surface area contributed by atoms with E-state index in [9.17, 15) is 14.7 Å². The number of thioether (sulfide) groups is 1. The zero-order valence-corrected chi connectivity index (χ0v) is 17.0. The highest BCUT2D eigenvalue weighted by atomic mass is 79.9. The summed E-state index contributed by atoms with van der Waals surface area (Å²) in [5.74, 6) is -1.40. The third-order valence-electron chi connectivity index (χ3n) is 3.69. The second kappa shape index (κ2) is 7.75. The summed E-state index contributed by atoms with van der Waals surface area (Å²) in [4.78, 5) is 29.6. The SMILES string of the molecule is CN1C(=O)/C(=C/c2cc(Br)cc(Cl)c2O)SC1=Nc1ccc(C(=O)O)cc1. The summed E-state index contributed by atoms with van der Waals surface area (Å²) >= 11 is 10.4. The van der Waals surface area contributed by atoms with Gasteiger partial charge in [0.15, 0.2) is 5.17 Å². The van der Waals surface area contributed by atoms with Crippen molar-refractivity contribution in [3.05, 3.63) is 61.9 Å². The number of rotatable bonds is 3. The zero-order chi connectivity index (χ0) is 19.7. The van der Waals surface area contributed by atoms with Gasteiger partial charge in [-0.1, -0.05) is 27.5 Å². The van der Waals surface area contributed by atoms with Gasteiger partial charge in [-0.05, 0) is 54.2 Å². The Labute approximate surface area is 172 Å². The van der Waals surface area contributed by atoms with Crippen LogP contribution in [-0.2, 0) is 4.79 Å². The molecule has 6 nitrogen and oxygen atoms in total. The van der Waals surface area contributed by atoms with Gasteiger partial charge in [-0.25, -0.2) is 9.79 Å². The number of likely N-dealkylation sites (N-methyl/N-ethyl adjacent to an activating group) is 1. The van der Waals surface area contributed by atoms with Gasteiger partial charge in [0.1, 0.15) is 5.75 Å². The molecule has 3 rings (SSSR count). The predicted octanol–water partition coefficient (Wildman–Crippen LogP) is 4.74. The van der Waals surface area contributed by atoms with Crippen LogP contribution in [-0.4, -0.2) is 39.2 Å². The van der Waals surface area contributed by atoms with Gasteiger partial charge in [-0.2, -0.15) is 0 Å². The van der Waals surface area contributed by atoms with E-state index in [4.69, 9.17) is 16.7 Å². The van der Waals surface area contributed by atoms with Crippen LogP contribution in [0.5, 0.6) is 5.75 Å². The topological polar surface area (TPSA) is 90.2 Å². The van der Waals surface area contributed by atoms with Gasteiger partial charge in [-0.15, -0.1) is 0 Å². The maximum absolute atomic E-state index is 12.5. The number of hydrogen-bond acceptors (Lipinski definition) is 5. The van der Waals surface area contributed by atoms with Gasteiger partial charge < -0.3 is 10.2 Å². The molecule has 0 radical (unpaired) electrons. The van der Waals surface area contributed by atoms with E-state index < -0.39 is 5.97 Å². The summed E-state index contributed by atoms with van der Waals surface area (Å²) in [7, 11) is 1.59. The Morgan fingerprint density at radius 2 is 1.96 bits per heavy atom. The minimum atomic E-state index is -1.02. The summed E-state index contributed by atoms with van der Waals surface area (Å²) in [6.45, 7) is 0. The molecule has 27 heavy (non-hydrogen) atoms. The Bertz CT molecular complexity index is 1010. The first-order valence-electron chi connectivity index (χ1n) is 7.54. The smallest absolute Gasteiger partial charge is 0.335 e. The summed E-state index contributed by atoms with van der Waals surface area (Å²) in [6, 6.07) is 9.24. The first kappa shape index (κ1) is 19.5. The van der Waals surface area contributed by atoms with Crippen molar-refractivity contribution < 1.29 is 19.8 Å². The fourth-order valence-corrected chi connectivity index (χ4v) is 4.09. The van der Waals surface area contributed by atoms with Crippen LogP contribution in [0.1, 0.15) is 15.9 Å². The van der Waals surface area contributed by atoms with Crippen molar-refractivity contribution in [2.24, 2.45) is 4.99 Å². The second-order valence-electron chi connectivity index (χ2n) is 5.55. The van der Waals surface area contributed by atoms with Gasteiger partial charge in [0.25, 0.3) is 5.91 Å². The first-order valence-corrected chi connectivity index (χ1v) is 9.52. The number of carbonyl (C=O) groups is 2. The normalized spacial score (nSPS) is 17.1.